The lowest BCUT2D eigenvalue weighted by Crippen LogP contribution is -2.27. The Bertz CT molecular complexity index is 682. The first-order valence-electron chi connectivity index (χ1n) is 5.21. The summed E-state index contributed by atoms with van der Waals surface area (Å²) in [5.41, 5.74) is 4.85. The molecule has 0 unspecified atom stereocenters. The van der Waals surface area contributed by atoms with Gasteiger partial charge in [-0.15, -0.1) is 0 Å². The van der Waals surface area contributed by atoms with Crippen molar-refractivity contribution in [1.29, 1.82) is 0 Å². The van der Waals surface area contributed by atoms with Crippen LogP contribution in [-0.2, 0) is 7.05 Å². The highest BCUT2D eigenvalue weighted by atomic mass is 16.4. The van der Waals surface area contributed by atoms with E-state index in [1.807, 2.05) is 0 Å². The van der Waals surface area contributed by atoms with Gasteiger partial charge in [-0.25, -0.2) is 4.79 Å². The highest BCUT2D eigenvalue weighted by Gasteiger charge is 2.21. The van der Waals surface area contributed by atoms with Gasteiger partial charge in [0.1, 0.15) is 22.9 Å². The zero-order valence-electron chi connectivity index (χ0n) is 9.93. The minimum Gasteiger partial charge on any atom is -0.477 e. The average molecular weight is 248 g/mol. The van der Waals surface area contributed by atoms with E-state index < -0.39 is 11.5 Å². The smallest absolute Gasteiger partial charge is 0.342 e. The van der Waals surface area contributed by atoms with Crippen molar-refractivity contribution in [2.45, 2.75) is 6.92 Å². The van der Waals surface area contributed by atoms with Crippen molar-refractivity contribution < 1.29 is 14.3 Å². The fourth-order valence-electron chi connectivity index (χ4n) is 1.70. The van der Waals surface area contributed by atoms with E-state index in [0.717, 1.165) is 4.57 Å². The average Bonchev–Trinajstić information content (AvgIpc) is 2.71. The van der Waals surface area contributed by atoms with Gasteiger partial charge in [0, 0.05) is 12.6 Å². The van der Waals surface area contributed by atoms with E-state index in [2.05, 4.69) is 0 Å². The molecular formula is C12H12N2O4. The highest BCUT2D eigenvalue weighted by Crippen LogP contribution is 2.25. The third-order valence-corrected chi connectivity index (χ3v) is 2.69. The lowest BCUT2D eigenvalue weighted by Gasteiger charge is -2.08. The number of pyridine rings is 1. The molecule has 0 aliphatic carbocycles. The van der Waals surface area contributed by atoms with Crippen molar-refractivity contribution >= 4 is 11.8 Å². The number of carboxylic acid groups (broad SMARTS) is 1. The zero-order chi connectivity index (χ0) is 13.4. The predicted molar refractivity (Wildman–Crippen MR) is 65.5 cm³/mol. The molecule has 0 amide bonds. The number of aryl methyl sites for hydroxylation is 1. The Labute approximate surface area is 102 Å². The topological polar surface area (TPSA) is 98.5 Å². The summed E-state index contributed by atoms with van der Waals surface area (Å²) in [6, 6.07) is 4.72. The van der Waals surface area contributed by atoms with Crippen LogP contribution in [0.15, 0.2) is 27.4 Å². The summed E-state index contributed by atoms with van der Waals surface area (Å²) in [7, 11) is 1.42. The molecule has 0 aromatic carbocycles. The summed E-state index contributed by atoms with van der Waals surface area (Å²) in [6.45, 7) is 1.73. The van der Waals surface area contributed by atoms with Crippen molar-refractivity contribution in [3.8, 4) is 11.3 Å². The summed E-state index contributed by atoms with van der Waals surface area (Å²) < 4.78 is 6.43. The number of hydrogen-bond acceptors (Lipinski definition) is 4. The molecule has 0 radical (unpaired) electrons. The maximum Gasteiger partial charge on any atom is 0.342 e. The summed E-state index contributed by atoms with van der Waals surface area (Å²) in [5, 5.41) is 9.13. The first kappa shape index (κ1) is 12.0. The first-order valence-corrected chi connectivity index (χ1v) is 5.21. The molecule has 0 aliphatic rings. The van der Waals surface area contributed by atoms with Gasteiger partial charge in [0.15, 0.2) is 0 Å². The predicted octanol–water partition coefficient (Wildman–Crippen LogP) is 1.23. The number of rotatable bonds is 2. The molecule has 0 aliphatic heterocycles. The van der Waals surface area contributed by atoms with Crippen molar-refractivity contribution in [3.63, 3.8) is 0 Å². The summed E-state index contributed by atoms with van der Waals surface area (Å²) in [4.78, 5) is 23.1. The number of anilines is 1. The molecule has 0 bridgehead atoms. The van der Waals surface area contributed by atoms with Crippen LogP contribution in [0.4, 0.5) is 5.82 Å². The number of nitrogens with zero attached hydrogens (tertiary/aromatic N) is 1. The van der Waals surface area contributed by atoms with Crippen LogP contribution in [0.2, 0.25) is 0 Å². The number of carbonyl (C=O) groups is 1. The number of aromatic carboxylic acids is 1. The van der Waals surface area contributed by atoms with E-state index in [1.54, 1.807) is 19.1 Å². The van der Waals surface area contributed by atoms with E-state index in [1.165, 1.54) is 13.1 Å². The Morgan fingerprint density at radius 3 is 2.61 bits per heavy atom. The molecule has 0 fully saturated rings. The normalized spacial score (nSPS) is 10.6. The largest absolute Gasteiger partial charge is 0.477 e. The van der Waals surface area contributed by atoms with Crippen LogP contribution in [0.3, 0.4) is 0 Å². The number of carboxylic acids is 1. The summed E-state index contributed by atoms with van der Waals surface area (Å²) in [5.74, 6) is -0.191. The molecule has 6 heteroatoms. The van der Waals surface area contributed by atoms with Crippen molar-refractivity contribution in [1.82, 2.24) is 4.57 Å². The SMILES string of the molecule is Cc1ccc(-c2cc(N)n(C)c(=O)c2C(=O)O)o1. The van der Waals surface area contributed by atoms with Crippen molar-refractivity contribution in [2.75, 3.05) is 5.73 Å². The molecule has 2 aromatic rings. The minimum atomic E-state index is -1.31. The van der Waals surface area contributed by atoms with Gasteiger partial charge in [-0.1, -0.05) is 0 Å². The Morgan fingerprint density at radius 1 is 1.44 bits per heavy atom. The van der Waals surface area contributed by atoms with Crippen molar-refractivity contribution in [2.24, 2.45) is 7.05 Å². The van der Waals surface area contributed by atoms with Gasteiger partial charge in [-0.05, 0) is 25.1 Å². The molecule has 0 spiro atoms. The molecule has 2 rings (SSSR count). The maximum atomic E-state index is 11.9. The quantitative estimate of drug-likeness (QED) is 0.832. The van der Waals surface area contributed by atoms with E-state index in [-0.39, 0.29) is 16.9 Å². The second-order valence-corrected chi connectivity index (χ2v) is 3.94. The van der Waals surface area contributed by atoms with Gasteiger partial charge in [0.2, 0.25) is 0 Å². The molecule has 0 saturated heterocycles. The third-order valence-electron chi connectivity index (χ3n) is 2.69. The highest BCUT2D eigenvalue weighted by molar-refractivity contribution is 5.95. The fourth-order valence-corrected chi connectivity index (χ4v) is 1.70. The Kier molecular flexibility index (Phi) is 2.70. The van der Waals surface area contributed by atoms with Gasteiger partial charge in [-0.3, -0.25) is 9.36 Å². The summed E-state index contributed by atoms with van der Waals surface area (Å²) >= 11 is 0. The molecular weight excluding hydrogens is 236 g/mol. The number of nitrogen functional groups attached to an aromatic ring is 1. The van der Waals surface area contributed by atoms with Crippen LogP contribution in [0.25, 0.3) is 11.3 Å². The van der Waals surface area contributed by atoms with Gasteiger partial charge >= 0.3 is 5.97 Å². The van der Waals surface area contributed by atoms with Crippen LogP contribution in [0, 0.1) is 6.92 Å². The Morgan fingerprint density at radius 2 is 2.11 bits per heavy atom. The van der Waals surface area contributed by atoms with E-state index >= 15 is 0 Å². The van der Waals surface area contributed by atoms with E-state index in [9.17, 15) is 9.59 Å². The van der Waals surface area contributed by atoms with Gasteiger partial charge in [0.25, 0.3) is 5.56 Å². The fraction of sp³-hybridized carbons (Fsp3) is 0.167. The van der Waals surface area contributed by atoms with Gasteiger partial charge in [-0.2, -0.15) is 0 Å². The van der Waals surface area contributed by atoms with E-state index in [0.29, 0.717) is 11.5 Å². The molecule has 3 N–H and O–H groups in total. The van der Waals surface area contributed by atoms with Crippen LogP contribution in [0.5, 0.6) is 0 Å². The molecule has 18 heavy (non-hydrogen) atoms. The van der Waals surface area contributed by atoms with Gasteiger partial charge in [0.05, 0.1) is 0 Å². The Hall–Kier alpha value is -2.50. The number of nitrogens with two attached hydrogens (primary N) is 1. The lowest BCUT2D eigenvalue weighted by molar-refractivity contribution is 0.0695. The monoisotopic (exact) mass is 248 g/mol. The van der Waals surface area contributed by atoms with Crippen LogP contribution in [-0.4, -0.2) is 15.6 Å². The first-order chi connectivity index (χ1) is 8.41. The Balaban J connectivity index is 2.82. The number of hydrogen-bond donors (Lipinski definition) is 2. The molecule has 0 atom stereocenters. The molecule has 6 nitrogen and oxygen atoms in total. The van der Waals surface area contributed by atoms with Crippen LogP contribution in [0.1, 0.15) is 16.1 Å². The molecule has 2 aromatic heterocycles. The van der Waals surface area contributed by atoms with Crippen LogP contribution >= 0.6 is 0 Å². The maximum absolute atomic E-state index is 11.9. The van der Waals surface area contributed by atoms with Crippen molar-refractivity contribution in [3.05, 3.63) is 39.9 Å². The second kappa shape index (κ2) is 4.06. The van der Waals surface area contributed by atoms with E-state index in [4.69, 9.17) is 15.3 Å². The molecule has 0 saturated carbocycles. The lowest BCUT2D eigenvalue weighted by atomic mass is 10.1. The summed E-state index contributed by atoms with van der Waals surface area (Å²) in [6.07, 6.45) is 0. The molecule has 2 heterocycles. The standard InChI is InChI=1S/C12H12N2O4/c1-6-3-4-8(18-6)7-5-9(13)14(2)11(15)10(7)12(16)17/h3-5H,13H2,1-2H3,(H,16,17). The van der Waals surface area contributed by atoms with Crippen LogP contribution < -0.4 is 11.3 Å². The minimum absolute atomic E-state index is 0.175. The number of furan rings is 1. The van der Waals surface area contributed by atoms with Gasteiger partial charge < -0.3 is 15.3 Å². The molecule has 94 valence electrons. The number of aromatic nitrogens is 1. The second-order valence-electron chi connectivity index (χ2n) is 3.94. The zero-order valence-corrected chi connectivity index (χ0v) is 9.93. The third kappa shape index (κ3) is 1.77.